The van der Waals surface area contributed by atoms with Gasteiger partial charge in [-0.2, -0.15) is 5.26 Å². The van der Waals surface area contributed by atoms with Crippen molar-refractivity contribution in [3.05, 3.63) is 54.6 Å². The first kappa shape index (κ1) is 15.9. The maximum Gasteiger partial charge on any atom is 0.321 e. The van der Waals surface area contributed by atoms with Crippen molar-refractivity contribution in [2.75, 3.05) is 25.5 Å². The molecule has 0 saturated carbocycles. The highest BCUT2D eigenvalue weighted by molar-refractivity contribution is 5.89. The van der Waals surface area contributed by atoms with Gasteiger partial charge in [0.25, 0.3) is 0 Å². The summed E-state index contributed by atoms with van der Waals surface area (Å²) in [5.74, 6) is 0. The van der Waals surface area contributed by atoms with Gasteiger partial charge in [-0.3, -0.25) is 0 Å². The molecule has 1 aliphatic rings. The lowest BCUT2D eigenvalue weighted by atomic mass is 10.1. The van der Waals surface area contributed by atoms with E-state index in [1.54, 1.807) is 16.8 Å². The number of anilines is 1. The van der Waals surface area contributed by atoms with Crippen molar-refractivity contribution in [1.82, 2.24) is 9.80 Å². The first-order chi connectivity index (χ1) is 11.7. The number of nitrogens with one attached hydrogen (secondary N) is 1. The second-order valence-electron chi connectivity index (χ2n) is 5.97. The Kier molecular flexibility index (Phi) is 4.66. The first-order valence-corrected chi connectivity index (χ1v) is 8.01. The van der Waals surface area contributed by atoms with Crippen LogP contribution >= 0.6 is 0 Å². The fourth-order valence-corrected chi connectivity index (χ4v) is 2.90. The van der Waals surface area contributed by atoms with Crippen LogP contribution in [0.3, 0.4) is 0 Å². The predicted octanol–water partition coefficient (Wildman–Crippen LogP) is 3.37. The Hall–Kier alpha value is -3.00. The van der Waals surface area contributed by atoms with Crippen LogP contribution in [0.15, 0.2) is 54.6 Å². The zero-order valence-electron chi connectivity index (χ0n) is 13.6. The third kappa shape index (κ3) is 3.49. The number of nitriles is 1. The second kappa shape index (κ2) is 7.05. The fraction of sp³-hybridized carbons (Fsp3) is 0.263. The van der Waals surface area contributed by atoms with Gasteiger partial charge in [-0.15, -0.1) is 0 Å². The van der Waals surface area contributed by atoms with E-state index in [1.807, 2.05) is 42.5 Å². The number of urea groups is 1. The van der Waals surface area contributed by atoms with E-state index in [4.69, 9.17) is 5.26 Å². The van der Waals surface area contributed by atoms with Gasteiger partial charge in [0.2, 0.25) is 0 Å². The third-order valence-electron chi connectivity index (χ3n) is 4.42. The molecule has 0 bridgehead atoms. The Morgan fingerprint density at radius 1 is 1.17 bits per heavy atom. The van der Waals surface area contributed by atoms with E-state index in [0.29, 0.717) is 13.1 Å². The molecular weight excluding hydrogens is 300 g/mol. The van der Waals surface area contributed by atoms with Crippen LogP contribution in [-0.2, 0) is 0 Å². The summed E-state index contributed by atoms with van der Waals surface area (Å²) in [6.45, 7) is 1.32. The number of benzene rings is 2. The van der Waals surface area contributed by atoms with Crippen LogP contribution in [0.2, 0.25) is 0 Å². The molecule has 1 unspecified atom stereocenters. The topological polar surface area (TPSA) is 59.4 Å². The lowest BCUT2D eigenvalue weighted by Gasteiger charge is -2.24. The maximum absolute atomic E-state index is 12.4. The molecule has 5 heteroatoms. The molecule has 1 N–H and O–H groups in total. The zero-order chi connectivity index (χ0) is 16.9. The lowest BCUT2D eigenvalue weighted by Crippen LogP contribution is -2.41. The molecule has 1 aliphatic heterocycles. The van der Waals surface area contributed by atoms with Crippen molar-refractivity contribution in [3.63, 3.8) is 0 Å². The van der Waals surface area contributed by atoms with Gasteiger partial charge in [-0.25, -0.2) is 4.79 Å². The van der Waals surface area contributed by atoms with E-state index in [0.717, 1.165) is 23.2 Å². The Bertz CT molecular complexity index is 736. The highest BCUT2D eigenvalue weighted by atomic mass is 16.2. The average molecular weight is 320 g/mol. The van der Waals surface area contributed by atoms with Crippen molar-refractivity contribution < 1.29 is 4.79 Å². The number of hydrogen-bond acceptors (Lipinski definition) is 3. The van der Waals surface area contributed by atoms with Crippen molar-refractivity contribution in [3.8, 4) is 17.3 Å². The van der Waals surface area contributed by atoms with Crippen molar-refractivity contribution in [1.29, 1.82) is 5.26 Å². The highest BCUT2D eigenvalue weighted by Gasteiger charge is 2.27. The van der Waals surface area contributed by atoms with Gasteiger partial charge in [-0.1, -0.05) is 42.5 Å². The van der Waals surface area contributed by atoms with Crippen molar-refractivity contribution in [2.24, 2.45) is 0 Å². The summed E-state index contributed by atoms with van der Waals surface area (Å²) in [5.41, 5.74) is 3.03. The number of nitrogens with zero attached hydrogens (tertiary/aromatic N) is 3. The standard InChI is InChI=1S/C19H20N4O/c1-22(18-11-12-23(13-18)14-20)19(24)21-17-9-7-16(8-10-17)15-5-3-2-4-6-15/h2-10,18H,11-13H2,1H3,(H,21,24). The molecule has 5 nitrogen and oxygen atoms in total. The number of rotatable bonds is 3. The molecular formula is C19H20N4O. The molecule has 2 aromatic rings. The van der Waals surface area contributed by atoms with E-state index in [-0.39, 0.29) is 12.1 Å². The largest absolute Gasteiger partial charge is 0.323 e. The number of likely N-dealkylation sites (N-methyl/N-ethyl adjacent to an activating group) is 1. The molecule has 0 spiro atoms. The minimum atomic E-state index is -0.146. The summed E-state index contributed by atoms with van der Waals surface area (Å²) in [4.78, 5) is 15.7. The van der Waals surface area contributed by atoms with Gasteiger partial charge >= 0.3 is 6.03 Å². The second-order valence-corrected chi connectivity index (χ2v) is 5.97. The SMILES string of the molecule is CN(C(=O)Nc1ccc(-c2ccccc2)cc1)C1CCN(C#N)C1. The van der Waals surface area contributed by atoms with E-state index in [2.05, 4.69) is 23.6 Å². The summed E-state index contributed by atoms with van der Waals surface area (Å²) >= 11 is 0. The summed E-state index contributed by atoms with van der Waals surface area (Å²) in [6.07, 6.45) is 2.96. The number of hydrogen-bond donors (Lipinski definition) is 1. The molecule has 0 aliphatic carbocycles. The van der Waals surface area contributed by atoms with E-state index in [9.17, 15) is 4.79 Å². The molecule has 0 aromatic heterocycles. The smallest absolute Gasteiger partial charge is 0.321 e. The Morgan fingerprint density at radius 3 is 2.46 bits per heavy atom. The van der Waals surface area contributed by atoms with Crippen LogP contribution in [-0.4, -0.2) is 42.0 Å². The molecule has 2 amide bonds. The molecule has 1 heterocycles. The van der Waals surface area contributed by atoms with Gasteiger partial charge < -0.3 is 15.1 Å². The maximum atomic E-state index is 12.4. The van der Waals surface area contributed by atoms with Crippen LogP contribution in [0, 0.1) is 11.5 Å². The number of likely N-dealkylation sites (tertiary alicyclic amines) is 1. The molecule has 1 atom stereocenters. The molecule has 1 saturated heterocycles. The lowest BCUT2D eigenvalue weighted by molar-refractivity contribution is 0.205. The monoisotopic (exact) mass is 320 g/mol. The number of carbonyl (C=O) groups excluding carboxylic acids is 1. The van der Waals surface area contributed by atoms with Gasteiger partial charge in [-0.05, 0) is 29.7 Å². The molecule has 2 aromatic carbocycles. The van der Waals surface area contributed by atoms with Crippen LogP contribution in [0.4, 0.5) is 10.5 Å². The average Bonchev–Trinajstić information content (AvgIpc) is 3.11. The summed E-state index contributed by atoms with van der Waals surface area (Å²) in [7, 11) is 1.78. The molecule has 3 rings (SSSR count). The van der Waals surface area contributed by atoms with Crippen LogP contribution < -0.4 is 5.32 Å². The van der Waals surface area contributed by atoms with E-state index in [1.165, 1.54) is 0 Å². The summed E-state index contributed by atoms with van der Waals surface area (Å²) in [6, 6.07) is 17.9. The van der Waals surface area contributed by atoms with Gasteiger partial charge in [0.15, 0.2) is 6.19 Å². The highest BCUT2D eigenvalue weighted by Crippen LogP contribution is 2.21. The number of carbonyl (C=O) groups is 1. The predicted molar refractivity (Wildman–Crippen MR) is 94.3 cm³/mol. The van der Waals surface area contributed by atoms with Gasteiger partial charge in [0.05, 0.1) is 6.04 Å². The van der Waals surface area contributed by atoms with Gasteiger partial charge in [0, 0.05) is 25.8 Å². The summed E-state index contributed by atoms with van der Waals surface area (Å²) in [5, 5.41) is 11.8. The Balaban J connectivity index is 1.62. The van der Waals surface area contributed by atoms with Gasteiger partial charge in [0.1, 0.15) is 0 Å². The Labute approximate surface area is 142 Å². The molecule has 24 heavy (non-hydrogen) atoms. The van der Waals surface area contributed by atoms with Crippen molar-refractivity contribution >= 4 is 11.7 Å². The normalized spacial score (nSPS) is 16.5. The molecule has 122 valence electrons. The molecule has 1 fully saturated rings. The van der Waals surface area contributed by atoms with Crippen LogP contribution in [0.1, 0.15) is 6.42 Å². The third-order valence-corrected chi connectivity index (χ3v) is 4.42. The van der Waals surface area contributed by atoms with Crippen molar-refractivity contribution in [2.45, 2.75) is 12.5 Å². The quantitative estimate of drug-likeness (QED) is 0.882. The van der Waals surface area contributed by atoms with Crippen LogP contribution in [0.25, 0.3) is 11.1 Å². The first-order valence-electron chi connectivity index (χ1n) is 8.01. The zero-order valence-corrected chi connectivity index (χ0v) is 13.6. The minimum Gasteiger partial charge on any atom is -0.323 e. The van der Waals surface area contributed by atoms with E-state index < -0.39 is 0 Å². The number of amides is 2. The Morgan fingerprint density at radius 2 is 1.83 bits per heavy atom. The van der Waals surface area contributed by atoms with E-state index >= 15 is 0 Å². The summed E-state index contributed by atoms with van der Waals surface area (Å²) < 4.78 is 0. The minimum absolute atomic E-state index is 0.0771. The van der Waals surface area contributed by atoms with Crippen LogP contribution in [0.5, 0.6) is 0 Å². The fourth-order valence-electron chi connectivity index (χ4n) is 2.90. The molecule has 0 radical (unpaired) electrons.